The normalized spacial score (nSPS) is 18.5. The minimum atomic E-state index is 0. The largest absolute Gasteiger partial charge is 1.00 e. The molecule has 1 aromatic rings. The number of rotatable bonds is 4. The smallest absolute Gasteiger partial charge is 0.194 e. The van der Waals surface area contributed by atoms with E-state index < -0.39 is 0 Å². The van der Waals surface area contributed by atoms with Gasteiger partial charge in [-0.3, -0.25) is 4.48 Å². The first-order valence-corrected chi connectivity index (χ1v) is 6.65. The first kappa shape index (κ1) is 31.3. The van der Waals surface area contributed by atoms with Crippen LogP contribution in [0.4, 0.5) is 0 Å². The predicted molar refractivity (Wildman–Crippen MR) is 122 cm³/mol. The average Bonchev–Trinajstić information content (AvgIpc) is 3.01. The van der Waals surface area contributed by atoms with Crippen molar-refractivity contribution < 1.29 is 28.5 Å². The van der Waals surface area contributed by atoms with Crippen LogP contribution in [0.5, 0.6) is 0 Å². The molecule has 0 N–H and O–H groups in total. The topological polar surface area (TPSA) is 30.2 Å². The van der Waals surface area contributed by atoms with Gasteiger partial charge in [0.1, 0.15) is 6.20 Å². The van der Waals surface area contributed by atoms with E-state index in [1.54, 1.807) is 0 Å². The Kier molecular flexibility index (Phi) is 24.6. The third kappa shape index (κ3) is 11.9. The van der Waals surface area contributed by atoms with Crippen molar-refractivity contribution in [1.82, 2.24) is 9.55 Å². The standard InChI is InChI=1S/C7H12N2.C7H13N2.4HI/c1-3-7(2)9-5-4-8-6-9;1-3-5-9(2)6-4-8-7-9;;;;/h4-7H,3H2,1-2H3;4,6-7H,3,5H2,1-2H3;4*1H/q;+1;;;;/p-1. The number of halogens is 4. The zero-order valence-electron chi connectivity index (χ0n) is 13.6. The molecule has 0 saturated carbocycles. The minimum Gasteiger partial charge on any atom is -1.00 e. The molecule has 1 aliphatic rings. The van der Waals surface area contributed by atoms with E-state index in [1.165, 1.54) is 6.42 Å². The maximum atomic E-state index is 4.02. The first-order valence-electron chi connectivity index (χ1n) is 6.65. The lowest BCUT2D eigenvalue weighted by atomic mass is 10.3. The lowest BCUT2D eigenvalue weighted by Crippen LogP contribution is -3.00. The van der Waals surface area contributed by atoms with Gasteiger partial charge in [0, 0.05) is 18.4 Å². The van der Waals surface area contributed by atoms with Crippen LogP contribution in [0.3, 0.4) is 0 Å². The molecule has 0 fully saturated rings. The van der Waals surface area contributed by atoms with Crippen LogP contribution < -0.4 is 24.0 Å². The molecule has 2 rings (SSSR count). The van der Waals surface area contributed by atoms with Gasteiger partial charge in [0.2, 0.25) is 0 Å². The fourth-order valence-corrected chi connectivity index (χ4v) is 1.78. The van der Waals surface area contributed by atoms with E-state index in [0.717, 1.165) is 17.4 Å². The Morgan fingerprint density at radius 1 is 1.18 bits per heavy atom. The number of nitrogens with zero attached hydrogens (tertiary/aromatic N) is 4. The Labute approximate surface area is 203 Å². The van der Waals surface area contributed by atoms with Crippen molar-refractivity contribution >= 4 is 78.3 Å². The van der Waals surface area contributed by atoms with Gasteiger partial charge in [0.15, 0.2) is 6.34 Å². The molecule has 0 amide bonds. The van der Waals surface area contributed by atoms with Gasteiger partial charge >= 0.3 is 0 Å². The maximum absolute atomic E-state index is 4.02. The van der Waals surface area contributed by atoms with E-state index in [9.17, 15) is 0 Å². The molecule has 2 unspecified atom stereocenters. The van der Waals surface area contributed by atoms with Gasteiger partial charge in [-0.1, -0.05) is 13.8 Å². The lowest BCUT2D eigenvalue weighted by Gasteiger charge is -2.19. The van der Waals surface area contributed by atoms with E-state index >= 15 is 0 Å². The molecule has 0 spiro atoms. The van der Waals surface area contributed by atoms with Crippen LogP contribution in [0.2, 0.25) is 0 Å². The molecule has 0 radical (unpaired) electrons. The fourth-order valence-electron chi connectivity index (χ4n) is 1.78. The van der Waals surface area contributed by atoms with Crippen molar-refractivity contribution in [2.24, 2.45) is 4.99 Å². The highest BCUT2D eigenvalue weighted by molar-refractivity contribution is 14.0. The zero-order chi connectivity index (χ0) is 13.4. The molecule has 0 saturated heterocycles. The summed E-state index contributed by atoms with van der Waals surface area (Å²) in [6.07, 6.45) is 13.9. The van der Waals surface area contributed by atoms with Crippen LogP contribution in [0.1, 0.15) is 39.7 Å². The number of imidazole rings is 1. The molecule has 0 aromatic carbocycles. The second kappa shape index (κ2) is 17.3. The van der Waals surface area contributed by atoms with Gasteiger partial charge in [0.05, 0.1) is 26.1 Å². The van der Waals surface area contributed by atoms with Crippen molar-refractivity contribution in [3.05, 3.63) is 31.1 Å². The quantitative estimate of drug-likeness (QED) is 0.342. The number of hydrogen-bond donors (Lipinski definition) is 0. The predicted octanol–water partition coefficient (Wildman–Crippen LogP) is 2.07. The van der Waals surface area contributed by atoms with Gasteiger partial charge in [0.25, 0.3) is 0 Å². The Morgan fingerprint density at radius 2 is 1.82 bits per heavy atom. The highest BCUT2D eigenvalue weighted by Gasteiger charge is 2.16. The third-order valence-electron chi connectivity index (χ3n) is 3.15. The molecular formula is C14H28I4N4. The molecular weight excluding hydrogens is 732 g/mol. The van der Waals surface area contributed by atoms with Crippen LogP contribution in [-0.2, 0) is 0 Å². The van der Waals surface area contributed by atoms with Crippen molar-refractivity contribution in [1.29, 1.82) is 0 Å². The molecule has 4 nitrogen and oxygen atoms in total. The summed E-state index contributed by atoms with van der Waals surface area (Å²) >= 11 is 0. The van der Waals surface area contributed by atoms with Crippen LogP contribution >= 0.6 is 71.9 Å². The molecule has 2 heterocycles. The lowest BCUT2D eigenvalue weighted by molar-refractivity contribution is -0.756. The van der Waals surface area contributed by atoms with E-state index in [2.05, 4.69) is 48.6 Å². The summed E-state index contributed by atoms with van der Waals surface area (Å²) in [5.74, 6) is 0. The number of aliphatic imine (C=N–C) groups is 1. The Balaban J connectivity index is -0.000000125. The second-order valence-corrected chi connectivity index (χ2v) is 4.90. The molecule has 132 valence electrons. The molecule has 1 aliphatic heterocycles. The SMILES string of the molecule is CCC(C)n1ccnc1.CCC[N+]1(C)C=CN=C1.I.I.I.[I-]. The van der Waals surface area contributed by atoms with Gasteiger partial charge in [-0.05, 0) is 19.8 Å². The molecule has 0 aliphatic carbocycles. The van der Waals surface area contributed by atoms with Crippen molar-refractivity contribution in [2.45, 2.75) is 39.7 Å². The van der Waals surface area contributed by atoms with Crippen molar-refractivity contribution in [2.75, 3.05) is 13.6 Å². The molecule has 22 heavy (non-hydrogen) atoms. The summed E-state index contributed by atoms with van der Waals surface area (Å²) in [6, 6.07) is 0.590. The highest BCUT2D eigenvalue weighted by Crippen LogP contribution is 2.07. The van der Waals surface area contributed by atoms with Gasteiger partial charge in [-0.2, -0.15) is 0 Å². The van der Waals surface area contributed by atoms with Crippen molar-refractivity contribution in [3.63, 3.8) is 0 Å². The summed E-state index contributed by atoms with van der Waals surface area (Å²) in [4.78, 5) is 7.98. The van der Waals surface area contributed by atoms with E-state index in [1.807, 2.05) is 31.3 Å². The van der Waals surface area contributed by atoms with Crippen LogP contribution in [0, 0.1) is 0 Å². The zero-order valence-corrected chi connectivity index (χ0v) is 22.7. The summed E-state index contributed by atoms with van der Waals surface area (Å²) in [6.45, 7) is 7.69. The number of aromatic nitrogens is 2. The average molecular weight is 760 g/mol. The molecule has 2 atom stereocenters. The van der Waals surface area contributed by atoms with Crippen LogP contribution in [0.25, 0.3) is 0 Å². The van der Waals surface area contributed by atoms with E-state index in [0.29, 0.717) is 6.04 Å². The van der Waals surface area contributed by atoms with E-state index in [-0.39, 0.29) is 95.9 Å². The monoisotopic (exact) mass is 760 g/mol. The molecule has 8 heteroatoms. The van der Waals surface area contributed by atoms with Gasteiger partial charge in [-0.15, -0.1) is 71.9 Å². The summed E-state index contributed by atoms with van der Waals surface area (Å²) in [7, 11) is 2.15. The fraction of sp³-hybridized carbons (Fsp3) is 0.571. The Morgan fingerprint density at radius 3 is 2.18 bits per heavy atom. The second-order valence-electron chi connectivity index (χ2n) is 4.90. The Bertz CT molecular complexity index is 382. The van der Waals surface area contributed by atoms with Crippen LogP contribution in [-0.4, -0.2) is 34.0 Å². The number of quaternary nitrogens is 1. The van der Waals surface area contributed by atoms with Gasteiger partial charge in [-0.25, -0.2) is 9.98 Å². The van der Waals surface area contributed by atoms with E-state index in [4.69, 9.17) is 0 Å². The minimum absolute atomic E-state index is 0. The summed E-state index contributed by atoms with van der Waals surface area (Å²) < 4.78 is 2.98. The van der Waals surface area contributed by atoms with Gasteiger partial charge < -0.3 is 28.5 Å². The summed E-state index contributed by atoms with van der Waals surface area (Å²) in [5.41, 5.74) is 0. The summed E-state index contributed by atoms with van der Waals surface area (Å²) in [5, 5.41) is 0. The molecule has 1 aromatic heterocycles. The maximum Gasteiger partial charge on any atom is 0.194 e. The van der Waals surface area contributed by atoms with Crippen molar-refractivity contribution in [3.8, 4) is 0 Å². The Hall–Kier alpha value is 1.50. The third-order valence-corrected chi connectivity index (χ3v) is 3.15. The van der Waals surface area contributed by atoms with Crippen LogP contribution in [0.15, 0.2) is 36.1 Å². The molecule has 0 bridgehead atoms. The highest BCUT2D eigenvalue weighted by atomic mass is 127. The first-order chi connectivity index (χ1) is 8.61. The number of hydrogen-bond acceptors (Lipinski definition) is 2.